The van der Waals surface area contributed by atoms with Gasteiger partial charge in [0.2, 0.25) is 5.91 Å². The van der Waals surface area contributed by atoms with Crippen LogP contribution in [-0.2, 0) is 26.2 Å². The molecular formula is C25H40N4O4S. The Balaban J connectivity index is 1.13. The quantitative estimate of drug-likeness (QED) is 0.531. The monoisotopic (exact) mass is 492 g/mol. The SMILES string of the molecule is O=C(NCCCN1CCC(Cc2ccccc2)CC1)C1CCCN(S(=O)(=O)N2CCOCC2)C1. The van der Waals surface area contributed by atoms with Crippen LogP contribution in [-0.4, -0.2) is 93.4 Å². The lowest BCUT2D eigenvalue weighted by Gasteiger charge is -2.36. The van der Waals surface area contributed by atoms with Gasteiger partial charge in [-0.3, -0.25) is 4.79 Å². The lowest BCUT2D eigenvalue weighted by molar-refractivity contribution is -0.126. The Morgan fingerprint density at radius 3 is 2.44 bits per heavy atom. The van der Waals surface area contributed by atoms with E-state index in [2.05, 4.69) is 40.5 Å². The number of rotatable bonds is 9. The van der Waals surface area contributed by atoms with Gasteiger partial charge in [0.05, 0.1) is 19.1 Å². The number of benzene rings is 1. The number of hydrogen-bond donors (Lipinski definition) is 1. The molecule has 3 aliphatic rings. The average molecular weight is 493 g/mol. The molecule has 8 nitrogen and oxygen atoms in total. The van der Waals surface area contributed by atoms with Gasteiger partial charge >= 0.3 is 0 Å². The van der Waals surface area contributed by atoms with Crippen LogP contribution in [0.15, 0.2) is 30.3 Å². The van der Waals surface area contributed by atoms with Gasteiger partial charge < -0.3 is 15.0 Å². The van der Waals surface area contributed by atoms with E-state index in [0.717, 1.165) is 44.8 Å². The predicted molar refractivity (Wildman–Crippen MR) is 133 cm³/mol. The summed E-state index contributed by atoms with van der Waals surface area (Å²) in [5.74, 6) is 0.489. The molecule has 34 heavy (non-hydrogen) atoms. The summed E-state index contributed by atoms with van der Waals surface area (Å²) in [6.45, 7) is 6.31. The first-order chi connectivity index (χ1) is 16.5. The second kappa shape index (κ2) is 12.4. The number of ether oxygens (including phenoxy) is 1. The van der Waals surface area contributed by atoms with Gasteiger partial charge in [-0.25, -0.2) is 0 Å². The predicted octanol–water partition coefficient (Wildman–Crippen LogP) is 1.74. The molecule has 0 aliphatic carbocycles. The highest BCUT2D eigenvalue weighted by Crippen LogP contribution is 2.23. The molecule has 0 bridgehead atoms. The van der Waals surface area contributed by atoms with E-state index >= 15 is 0 Å². The summed E-state index contributed by atoms with van der Waals surface area (Å²) in [5, 5.41) is 3.06. The van der Waals surface area contributed by atoms with Crippen molar-refractivity contribution in [1.29, 1.82) is 0 Å². The van der Waals surface area contributed by atoms with Crippen molar-refractivity contribution < 1.29 is 17.9 Å². The van der Waals surface area contributed by atoms with E-state index < -0.39 is 10.2 Å². The van der Waals surface area contributed by atoms with Gasteiger partial charge in [0.15, 0.2) is 0 Å². The van der Waals surface area contributed by atoms with E-state index in [1.165, 1.54) is 33.4 Å². The summed E-state index contributed by atoms with van der Waals surface area (Å²) in [7, 11) is -3.52. The molecule has 0 saturated carbocycles. The van der Waals surface area contributed by atoms with Gasteiger partial charge in [0, 0.05) is 32.7 Å². The van der Waals surface area contributed by atoms with E-state index in [0.29, 0.717) is 39.4 Å². The maximum absolute atomic E-state index is 12.9. The van der Waals surface area contributed by atoms with Crippen molar-refractivity contribution in [2.45, 2.75) is 38.5 Å². The third-order valence-electron chi connectivity index (χ3n) is 7.40. The molecule has 0 spiro atoms. The molecule has 3 heterocycles. The number of carbonyl (C=O) groups is 1. The highest BCUT2D eigenvalue weighted by atomic mass is 32.2. The summed E-state index contributed by atoms with van der Waals surface area (Å²) in [6, 6.07) is 10.7. The fraction of sp³-hybridized carbons (Fsp3) is 0.720. The number of carbonyl (C=O) groups excluding carboxylic acids is 1. The van der Waals surface area contributed by atoms with Crippen molar-refractivity contribution in [3.05, 3.63) is 35.9 Å². The van der Waals surface area contributed by atoms with Crippen molar-refractivity contribution in [2.24, 2.45) is 11.8 Å². The maximum Gasteiger partial charge on any atom is 0.282 e. The van der Waals surface area contributed by atoms with E-state index in [9.17, 15) is 13.2 Å². The van der Waals surface area contributed by atoms with Crippen LogP contribution >= 0.6 is 0 Å². The lowest BCUT2D eigenvalue weighted by atomic mass is 9.90. The molecule has 0 radical (unpaired) electrons. The van der Waals surface area contributed by atoms with Crippen LogP contribution < -0.4 is 5.32 Å². The number of hydrogen-bond acceptors (Lipinski definition) is 5. The number of amides is 1. The Labute approximate surface area is 204 Å². The Kier molecular flexibility index (Phi) is 9.36. The zero-order chi connectivity index (χ0) is 23.8. The van der Waals surface area contributed by atoms with E-state index in [-0.39, 0.29) is 18.4 Å². The standard InChI is InChI=1S/C25H40N4O4S/c30-25(24-8-4-13-29(21-24)34(31,32)28-16-18-33-19-17-28)26-11-5-12-27-14-9-23(10-15-27)20-22-6-2-1-3-7-22/h1-3,6-7,23-24H,4-5,8-21H2,(H,26,30). The summed E-state index contributed by atoms with van der Waals surface area (Å²) < 4.78 is 34.1. The summed E-state index contributed by atoms with van der Waals surface area (Å²) >= 11 is 0. The molecule has 3 fully saturated rings. The number of nitrogens with one attached hydrogen (secondary N) is 1. The molecular weight excluding hydrogens is 452 g/mol. The molecule has 1 unspecified atom stereocenters. The van der Waals surface area contributed by atoms with Crippen molar-refractivity contribution in [3.63, 3.8) is 0 Å². The fourth-order valence-electron chi connectivity index (χ4n) is 5.33. The van der Waals surface area contributed by atoms with Gasteiger partial charge in [-0.2, -0.15) is 17.0 Å². The minimum atomic E-state index is -3.52. The third kappa shape index (κ3) is 7.01. The van der Waals surface area contributed by atoms with Gasteiger partial charge in [0.1, 0.15) is 0 Å². The number of likely N-dealkylation sites (tertiary alicyclic amines) is 1. The second-order valence-corrected chi connectivity index (χ2v) is 11.8. The van der Waals surface area contributed by atoms with E-state index in [4.69, 9.17) is 4.74 Å². The highest BCUT2D eigenvalue weighted by Gasteiger charge is 2.36. The minimum absolute atomic E-state index is 0.0107. The fourth-order valence-corrected chi connectivity index (χ4v) is 6.99. The Morgan fingerprint density at radius 2 is 1.71 bits per heavy atom. The van der Waals surface area contributed by atoms with Crippen LogP contribution in [0, 0.1) is 11.8 Å². The minimum Gasteiger partial charge on any atom is -0.379 e. The average Bonchev–Trinajstić information content (AvgIpc) is 2.88. The first-order valence-corrected chi connectivity index (χ1v) is 14.3. The highest BCUT2D eigenvalue weighted by molar-refractivity contribution is 7.86. The molecule has 1 N–H and O–H groups in total. The molecule has 0 aromatic heterocycles. The molecule has 4 rings (SSSR count). The molecule has 1 aromatic rings. The number of nitrogens with zero attached hydrogens (tertiary/aromatic N) is 3. The molecule has 3 aliphatic heterocycles. The normalized spacial score (nSPS) is 24.2. The molecule has 1 aromatic carbocycles. The summed E-state index contributed by atoms with van der Waals surface area (Å²) in [4.78, 5) is 15.2. The van der Waals surface area contributed by atoms with Crippen molar-refractivity contribution in [3.8, 4) is 0 Å². The van der Waals surface area contributed by atoms with Gasteiger partial charge in [-0.15, -0.1) is 0 Å². The Bertz CT molecular complexity index is 868. The van der Waals surface area contributed by atoms with Crippen LogP contribution in [0.4, 0.5) is 0 Å². The molecule has 3 saturated heterocycles. The topological polar surface area (TPSA) is 82.2 Å². The Hall–Kier alpha value is -1.52. The van der Waals surface area contributed by atoms with Gasteiger partial charge in [0.25, 0.3) is 10.2 Å². The van der Waals surface area contributed by atoms with E-state index in [1.807, 2.05) is 0 Å². The smallest absolute Gasteiger partial charge is 0.282 e. The van der Waals surface area contributed by atoms with Gasteiger partial charge in [-0.1, -0.05) is 30.3 Å². The molecule has 190 valence electrons. The zero-order valence-corrected chi connectivity index (χ0v) is 21.1. The van der Waals surface area contributed by atoms with Gasteiger partial charge in [-0.05, 0) is 69.6 Å². The third-order valence-corrected chi connectivity index (χ3v) is 9.40. The molecule has 9 heteroatoms. The van der Waals surface area contributed by atoms with Crippen LogP contribution in [0.5, 0.6) is 0 Å². The first-order valence-electron chi connectivity index (χ1n) is 12.9. The Morgan fingerprint density at radius 1 is 0.971 bits per heavy atom. The number of piperidine rings is 2. The largest absolute Gasteiger partial charge is 0.379 e. The first kappa shape index (κ1) is 25.6. The van der Waals surface area contributed by atoms with Crippen molar-refractivity contribution in [1.82, 2.24) is 18.8 Å². The van der Waals surface area contributed by atoms with Crippen LogP contribution in [0.25, 0.3) is 0 Å². The summed E-state index contributed by atoms with van der Waals surface area (Å²) in [5.41, 5.74) is 1.43. The lowest BCUT2D eigenvalue weighted by Crippen LogP contribution is -2.53. The van der Waals surface area contributed by atoms with Crippen molar-refractivity contribution >= 4 is 16.1 Å². The number of morpholine rings is 1. The second-order valence-electron chi connectivity index (χ2n) is 9.84. The zero-order valence-electron chi connectivity index (χ0n) is 20.2. The maximum atomic E-state index is 12.9. The van der Waals surface area contributed by atoms with Crippen LogP contribution in [0.1, 0.15) is 37.7 Å². The van der Waals surface area contributed by atoms with Crippen molar-refractivity contribution in [2.75, 3.05) is 65.6 Å². The van der Waals surface area contributed by atoms with Crippen LogP contribution in [0.3, 0.4) is 0 Å². The molecule has 1 amide bonds. The summed E-state index contributed by atoms with van der Waals surface area (Å²) in [6.07, 6.45) is 6.03. The van der Waals surface area contributed by atoms with Crippen LogP contribution in [0.2, 0.25) is 0 Å². The van der Waals surface area contributed by atoms with E-state index in [1.54, 1.807) is 0 Å². The molecule has 1 atom stereocenters.